The molecule has 2 aromatic rings. The minimum atomic E-state index is -0.283. The molecule has 2 nitrogen and oxygen atoms in total. The van der Waals surface area contributed by atoms with Gasteiger partial charge in [-0.3, -0.25) is 0 Å². The number of halogens is 2. The van der Waals surface area contributed by atoms with Crippen molar-refractivity contribution < 1.29 is 4.39 Å². The first kappa shape index (κ1) is 9.61. The van der Waals surface area contributed by atoms with Gasteiger partial charge in [-0.1, -0.05) is 17.4 Å². The molecule has 5 heteroatoms. The highest BCUT2D eigenvalue weighted by Crippen LogP contribution is 2.29. The number of benzene rings is 1. The molecular formula is C9H6BrFN2S. The van der Waals surface area contributed by atoms with Crippen molar-refractivity contribution in [2.45, 2.75) is 0 Å². The van der Waals surface area contributed by atoms with Crippen LogP contribution in [0.3, 0.4) is 0 Å². The Morgan fingerprint density at radius 1 is 1.43 bits per heavy atom. The highest BCUT2D eigenvalue weighted by atomic mass is 79.9. The van der Waals surface area contributed by atoms with Crippen molar-refractivity contribution in [1.29, 1.82) is 0 Å². The number of thiazole rings is 1. The second-order valence-electron chi connectivity index (χ2n) is 2.69. The average Bonchev–Trinajstić information content (AvgIpc) is 2.57. The maximum Gasteiger partial charge on any atom is 0.180 e. The Kier molecular flexibility index (Phi) is 2.52. The fourth-order valence-corrected chi connectivity index (χ4v) is 2.00. The summed E-state index contributed by atoms with van der Waals surface area (Å²) in [6.45, 7) is 0. The van der Waals surface area contributed by atoms with E-state index in [2.05, 4.69) is 20.9 Å². The third-order valence-corrected chi connectivity index (χ3v) is 3.25. The standard InChI is InChI=1S/C9H6BrFN2S/c10-6-2-1-5(3-7(6)11)8-4-13-9(12)14-8/h1-4H,(H2,12,13). The van der Waals surface area contributed by atoms with Crippen LogP contribution in [0.5, 0.6) is 0 Å². The molecule has 0 amide bonds. The largest absolute Gasteiger partial charge is 0.375 e. The Balaban J connectivity index is 2.47. The van der Waals surface area contributed by atoms with Gasteiger partial charge in [-0.05, 0) is 33.6 Å². The molecule has 0 fully saturated rings. The van der Waals surface area contributed by atoms with E-state index in [1.165, 1.54) is 17.4 Å². The SMILES string of the molecule is Nc1ncc(-c2ccc(Br)c(F)c2)s1. The lowest BCUT2D eigenvalue weighted by atomic mass is 10.2. The highest BCUT2D eigenvalue weighted by molar-refractivity contribution is 9.10. The van der Waals surface area contributed by atoms with E-state index in [0.29, 0.717) is 9.60 Å². The molecule has 1 aromatic heterocycles. The molecule has 0 saturated carbocycles. The summed E-state index contributed by atoms with van der Waals surface area (Å²) in [6, 6.07) is 4.94. The van der Waals surface area contributed by atoms with Crippen molar-refractivity contribution >= 4 is 32.4 Å². The van der Waals surface area contributed by atoms with Crippen LogP contribution in [-0.2, 0) is 0 Å². The van der Waals surface area contributed by atoms with Crippen molar-refractivity contribution in [3.05, 3.63) is 34.7 Å². The van der Waals surface area contributed by atoms with E-state index in [1.54, 1.807) is 12.3 Å². The second kappa shape index (κ2) is 3.67. The van der Waals surface area contributed by atoms with E-state index in [-0.39, 0.29) is 5.82 Å². The van der Waals surface area contributed by atoms with Crippen molar-refractivity contribution in [2.24, 2.45) is 0 Å². The summed E-state index contributed by atoms with van der Waals surface area (Å²) in [5.74, 6) is -0.283. The van der Waals surface area contributed by atoms with Crippen molar-refractivity contribution in [2.75, 3.05) is 5.73 Å². The van der Waals surface area contributed by atoms with Crippen molar-refractivity contribution in [1.82, 2.24) is 4.98 Å². The number of hydrogen-bond acceptors (Lipinski definition) is 3. The molecule has 0 unspecified atom stereocenters. The van der Waals surface area contributed by atoms with Crippen molar-refractivity contribution in [3.8, 4) is 10.4 Å². The fraction of sp³-hybridized carbons (Fsp3) is 0. The van der Waals surface area contributed by atoms with Gasteiger partial charge in [0.25, 0.3) is 0 Å². The zero-order valence-electron chi connectivity index (χ0n) is 7.00. The van der Waals surface area contributed by atoms with Crippen LogP contribution in [0.25, 0.3) is 10.4 Å². The van der Waals surface area contributed by atoms with Crippen LogP contribution < -0.4 is 5.73 Å². The summed E-state index contributed by atoms with van der Waals surface area (Å²) < 4.78 is 13.6. The maximum absolute atomic E-state index is 13.2. The summed E-state index contributed by atoms with van der Waals surface area (Å²) >= 11 is 4.44. The zero-order valence-corrected chi connectivity index (χ0v) is 9.40. The summed E-state index contributed by atoms with van der Waals surface area (Å²) in [4.78, 5) is 4.78. The first-order valence-corrected chi connectivity index (χ1v) is 5.44. The fourth-order valence-electron chi connectivity index (χ4n) is 1.07. The summed E-state index contributed by atoms with van der Waals surface area (Å²) in [5.41, 5.74) is 6.28. The van der Waals surface area contributed by atoms with E-state index >= 15 is 0 Å². The monoisotopic (exact) mass is 272 g/mol. The molecule has 2 N–H and O–H groups in total. The van der Waals surface area contributed by atoms with Gasteiger partial charge in [0, 0.05) is 6.20 Å². The first-order chi connectivity index (χ1) is 6.66. The number of aromatic nitrogens is 1. The number of nitrogens with zero attached hydrogens (tertiary/aromatic N) is 1. The van der Waals surface area contributed by atoms with E-state index in [1.807, 2.05) is 6.07 Å². The minimum absolute atomic E-state index is 0.283. The molecule has 0 atom stereocenters. The third-order valence-electron chi connectivity index (χ3n) is 1.73. The predicted octanol–water partition coefficient (Wildman–Crippen LogP) is 3.29. The van der Waals surface area contributed by atoms with Crippen molar-refractivity contribution in [3.63, 3.8) is 0 Å². The van der Waals surface area contributed by atoms with Crippen LogP contribution in [0, 0.1) is 5.82 Å². The molecule has 0 radical (unpaired) electrons. The lowest BCUT2D eigenvalue weighted by molar-refractivity contribution is 0.622. The van der Waals surface area contributed by atoms with Gasteiger partial charge < -0.3 is 5.73 Å². The van der Waals surface area contributed by atoms with Crippen LogP contribution in [0.1, 0.15) is 0 Å². The van der Waals surface area contributed by atoms with Gasteiger partial charge in [-0.2, -0.15) is 0 Å². The van der Waals surface area contributed by atoms with Gasteiger partial charge in [-0.15, -0.1) is 0 Å². The molecule has 14 heavy (non-hydrogen) atoms. The molecule has 0 spiro atoms. The number of anilines is 1. The Morgan fingerprint density at radius 2 is 2.21 bits per heavy atom. The molecule has 0 aliphatic rings. The van der Waals surface area contributed by atoms with E-state index in [0.717, 1.165) is 10.4 Å². The Morgan fingerprint density at radius 3 is 2.79 bits per heavy atom. The number of hydrogen-bond donors (Lipinski definition) is 1. The molecule has 0 bridgehead atoms. The van der Waals surface area contributed by atoms with Crippen LogP contribution in [0.2, 0.25) is 0 Å². The molecule has 1 aromatic carbocycles. The predicted molar refractivity (Wildman–Crippen MR) is 59.6 cm³/mol. The number of rotatable bonds is 1. The molecule has 72 valence electrons. The second-order valence-corrected chi connectivity index (χ2v) is 4.61. The van der Waals surface area contributed by atoms with Gasteiger partial charge in [0.2, 0.25) is 0 Å². The smallest absolute Gasteiger partial charge is 0.180 e. The summed E-state index contributed by atoms with van der Waals surface area (Å²) in [7, 11) is 0. The quantitative estimate of drug-likeness (QED) is 0.865. The summed E-state index contributed by atoms with van der Waals surface area (Å²) in [6.07, 6.45) is 1.64. The molecule has 0 aliphatic heterocycles. The zero-order chi connectivity index (χ0) is 10.1. The Labute approximate surface area is 92.7 Å². The topological polar surface area (TPSA) is 38.9 Å². The summed E-state index contributed by atoms with van der Waals surface area (Å²) in [5, 5.41) is 0.489. The molecule has 2 rings (SSSR count). The molecule has 0 aliphatic carbocycles. The first-order valence-electron chi connectivity index (χ1n) is 3.83. The van der Waals surface area contributed by atoms with E-state index in [4.69, 9.17) is 5.73 Å². The number of nitrogens with two attached hydrogens (primary N) is 1. The Hall–Kier alpha value is -0.940. The van der Waals surface area contributed by atoms with E-state index < -0.39 is 0 Å². The van der Waals surface area contributed by atoms with Gasteiger partial charge in [0.15, 0.2) is 5.13 Å². The third kappa shape index (κ3) is 1.78. The van der Waals surface area contributed by atoms with Gasteiger partial charge in [0.1, 0.15) is 5.82 Å². The van der Waals surface area contributed by atoms with Crippen LogP contribution in [0.15, 0.2) is 28.9 Å². The Bertz CT molecular complexity index is 470. The lowest BCUT2D eigenvalue weighted by Crippen LogP contribution is -1.78. The molecule has 0 saturated heterocycles. The highest BCUT2D eigenvalue weighted by Gasteiger charge is 2.05. The average molecular weight is 273 g/mol. The lowest BCUT2D eigenvalue weighted by Gasteiger charge is -1.98. The molecular weight excluding hydrogens is 267 g/mol. The van der Waals surface area contributed by atoms with Crippen LogP contribution in [-0.4, -0.2) is 4.98 Å². The molecule has 1 heterocycles. The van der Waals surface area contributed by atoms with Crippen LogP contribution >= 0.6 is 27.3 Å². The van der Waals surface area contributed by atoms with Crippen LogP contribution in [0.4, 0.5) is 9.52 Å². The minimum Gasteiger partial charge on any atom is -0.375 e. The van der Waals surface area contributed by atoms with E-state index in [9.17, 15) is 4.39 Å². The van der Waals surface area contributed by atoms with Gasteiger partial charge in [0.05, 0.1) is 9.35 Å². The van der Waals surface area contributed by atoms with Gasteiger partial charge >= 0.3 is 0 Å². The number of nitrogen functional groups attached to an aromatic ring is 1. The van der Waals surface area contributed by atoms with Gasteiger partial charge in [-0.25, -0.2) is 9.37 Å². The normalized spacial score (nSPS) is 10.4. The maximum atomic E-state index is 13.2.